The van der Waals surface area contributed by atoms with Crippen LogP contribution in [0.2, 0.25) is 0 Å². The van der Waals surface area contributed by atoms with Gasteiger partial charge < -0.3 is 5.11 Å². The average molecular weight is 291 g/mol. The van der Waals surface area contributed by atoms with Crippen LogP contribution < -0.4 is 4.83 Å². The first kappa shape index (κ1) is 13.4. The lowest BCUT2D eigenvalue weighted by molar-refractivity contribution is 0.0687. The molecule has 0 bridgehead atoms. The minimum atomic E-state index is -3.84. The molecule has 1 fully saturated rings. The summed E-state index contributed by atoms with van der Waals surface area (Å²) in [5.74, 6) is -1.34. The van der Waals surface area contributed by atoms with Crippen molar-refractivity contribution in [2.75, 3.05) is 13.1 Å². The topological polar surface area (TPSA) is 99.6 Å². The zero-order chi connectivity index (χ0) is 13.2. The molecule has 1 aliphatic heterocycles. The standard InChI is InChI=1S/C9H13N3O4S2/c13-8(14)7-9(17-6-10-7)18(15,16)11-12-4-2-1-3-5-12/h6,11H,1-5H2,(H,13,14). The summed E-state index contributed by atoms with van der Waals surface area (Å²) in [6.45, 7) is 1.28. The molecular weight excluding hydrogens is 278 g/mol. The molecule has 0 radical (unpaired) electrons. The molecule has 18 heavy (non-hydrogen) atoms. The third-order valence-electron chi connectivity index (χ3n) is 2.59. The summed E-state index contributed by atoms with van der Waals surface area (Å²) in [5, 5.41) is 10.5. The number of aromatic carboxylic acids is 1. The van der Waals surface area contributed by atoms with Gasteiger partial charge in [0.15, 0.2) is 9.90 Å². The van der Waals surface area contributed by atoms with Crippen molar-refractivity contribution in [2.45, 2.75) is 23.5 Å². The van der Waals surface area contributed by atoms with E-state index in [0.717, 1.165) is 30.6 Å². The molecule has 0 spiro atoms. The zero-order valence-corrected chi connectivity index (χ0v) is 11.1. The molecular formula is C9H13N3O4S2. The minimum Gasteiger partial charge on any atom is -0.476 e. The maximum absolute atomic E-state index is 12.0. The number of carboxylic acid groups (broad SMARTS) is 1. The van der Waals surface area contributed by atoms with Crippen molar-refractivity contribution >= 4 is 27.3 Å². The van der Waals surface area contributed by atoms with Crippen molar-refractivity contribution in [3.05, 3.63) is 11.2 Å². The Morgan fingerprint density at radius 3 is 2.67 bits per heavy atom. The van der Waals surface area contributed by atoms with Crippen LogP contribution in [0.25, 0.3) is 0 Å². The zero-order valence-electron chi connectivity index (χ0n) is 9.50. The lowest BCUT2D eigenvalue weighted by atomic mass is 10.2. The number of thiazole rings is 1. The van der Waals surface area contributed by atoms with E-state index in [2.05, 4.69) is 9.82 Å². The molecule has 0 atom stereocenters. The number of hydrogen-bond acceptors (Lipinski definition) is 6. The Hall–Kier alpha value is -1.03. The molecule has 0 amide bonds. The van der Waals surface area contributed by atoms with Crippen LogP contribution in [0.4, 0.5) is 0 Å². The second-order valence-corrected chi connectivity index (χ2v) is 6.65. The quantitative estimate of drug-likeness (QED) is 0.839. The lowest BCUT2D eigenvalue weighted by Crippen LogP contribution is -2.44. The van der Waals surface area contributed by atoms with Crippen LogP contribution in [0.3, 0.4) is 0 Å². The summed E-state index contributed by atoms with van der Waals surface area (Å²) in [6.07, 6.45) is 2.94. The van der Waals surface area contributed by atoms with E-state index in [9.17, 15) is 13.2 Å². The predicted molar refractivity (Wildman–Crippen MR) is 64.8 cm³/mol. The van der Waals surface area contributed by atoms with Crippen molar-refractivity contribution in [3.63, 3.8) is 0 Å². The van der Waals surface area contributed by atoms with Gasteiger partial charge in [-0.15, -0.1) is 16.2 Å². The normalized spacial score (nSPS) is 17.8. The number of sulfonamides is 1. The van der Waals surface area contributed by atoms with E-state index in [1.807, 2.05) is 0 Å². The second kappa shape index (κ2) is 5.31. The van der Waals surface area contributed by atoms with Gasteiger partial charge in [-0.3, -0.25) is 0 Å². The van der Waals surface area contributed by atoms with Gasteiger partial charge in [0.1, 0.15) is 0 Å². The van der Waals surface area contributed by atoms with Gasteiger partial charge in [-0.2, -0.15) is 0 Å². The summed E-state index contributed by atoms with van der Waals surface area (Å²) in [6, 6.07) is 0. The van der Waals surface area contributed by atoms with Crippen LogP contribution in [-0.4, -0.2) is 42.6 Å². The highest BCUT2D eigenvalue weighted by molar-refractivity contribution is 7.91. The van der Waals surface area contributed by atoms with E-state index in [0.29, 0.717) is 13.1 Å². The first-order valence-corrected chi connectivity index (χ1v) is 7.81. The Morgan fingerprint density at radius 2 is 2.06 bits per heavy atom. The maximum Gasteiger partial charge on any atom is 0.356 e. The number of carboxylic acids is 1. The number of nitrogens with one attached hydrogen (secondary N) is 1. The second-order valence-electron chi connectivity index (χ2n) is 3.94. The van der Waals surface area contributed by atoms with E-state index in [1.165, 1.54) is 5.51 Å². The minimum absolute atomic E-state index is 0.249. The largest absolute Gasteiger partial charge is 0.476 e. The number of carbonyl (C=O) groups is 1. The molecule has 9 heteroatoms. The van der Waals surface area contributed by atoms with E-state index < -0.39 is 21.7 Å². The van der Waals surface area contributed by atoms with Crippen molar-refractivity contribution in [3.8, 4) is 0 Å². The van der Waals surface area contributed by atoms with Crippen LogP contribution in [-0.2, 0) is 10.0 Å². The number of nitrogens with zero attached hydrogens (tertiary/aromatic N) is 2. The fraction of sp³-hybridized carbons (Fsp3) is 0.556. The Morgan fingerprint density at radius 1 is 1.39 bits per heavy atom. The molecule has 100 valence electrons. The van der Waals surface area contributed by atoms with Gasteiger partial charge in [0.2, 0.25) is 0 Å². The molecule has 1 aromatic heterocycles. The van der Waals surface area contributed by atoms with Crippen LogP contribution in [0, 0.1) is 0 Å². The summed E-state index contributed by atoms with van der Waals surface area (Å²) in [4.78, 5) is 16.8. The first-order valence-electron chi connectivity index (χ1n) is 5.45. The highest BCUT2D eigenvalue weighted by Crippen LogP contribution is 2.20. The molecule has 1 aliphatic rings. The summed E-state index contributed by atoms with van der Waals surface area (Å²) < 4.78 is 23.8. The first-order chi connectivity index (χ1) is 8.50. The number of rotatable bonds is 4. The average Bonchev–Trinajstić information content (AvgIpc) is 2.79. The molecule has 2 N–H and O–H groups in total. The number of hydrogen-bond donors (Lipinski definition) is 2. The van der Waals surface area contributed by atoms with Crippen LogP contribution in [0.15, 0.2) is 9.72 Å². The third kappa shape index (κ3) is 2.86. The maximum atomic E-state index is 12.0. The van der Waals surface area contributed by atoms with Crippen molar-refractivity contribution in [2.24, 2.45) is 0 Å². The highest BCUT2D eigenvalue weighted by Gasteiger charge is 2.27. The van der Waals surface area contributed by atoms with Gasteiger partial charge in [-0.1, -0.05) is 6.42 Å². The summed E-state index contributed by atoms with van der Waals surface area (Å²) in [5.41, 5.74) is 0.790. The molecule has 0 saturated carbocycles. The van der Waals surface area contributed by atoms with Crippen LogP contribution in [0.5, 0.6) is 0 Å². The monoisotopic (exact) mass is 291 g/mol. The molecule has 1 saturated heterocycles. The van der Waals surface area contributed by atoms with Crippen molar-refractivity contribution < 1.29 is 18.3 Å². The van der Waals surface area contributed by atoms with Crippen molar-refractivity contribution in [1.82, 2.24) is 14.8 Å². The number of aromatic nitrogens is 1. The molecule has 0 aromatic carbocycles. The smallest absolute Gasteiger partial charge is 0.356 e. The van der Waals surface area contributed by atoms with Gasteiger partial charge in [0, 0.05) is 13.1 Å². The molecule has 7 nitrogen and oxygen atoms in total. The summed E-state index contributed by atoms with van der Waals surface area (Å²) in [7, 11) is -3.84. The fourth-order valence-electron chi connectivity index (χ4n) is 1.77. The molecule has 1 aromatic rings. The molecule has 2 heterocycles. The van der Waals surface area contributed by atoms with E-state index >= 15 is 0 Å². The highest BCUT2D eigenvalue weighted by atomic mass is 32.2. The van der Waals surface area contributed by atoms with Gasteiger partial charge in [-0.25, -0.2) is 23.2 Å². The van der Waals surface area contributed by atoms with Gasteiger partial charge in [0.25, 0.3) is 10.0 Å². The van der Waals surface area contributed by atoms with Gasteiger partial charge >= 0.3 is 5.97 Å². The van der Waals surface area contributed by atoms with E-state index in [4.69, 9.17) is 5.11 Å². The predicted octanol–water partition coefficient (Wildman–Crippen LogP) is 0.520. The SMILES string of the molecule is O=C(O)c1ncsc1S(=O)(=O)NN1CCCCC1. The fourth-order valence-corrected chi connectivity index (χ4v) is 4.02. The summed E-state index contributed by atoms with van der Waals surface area (Å²) >= 11 is 0.804. The Kier molecular flexibility index (Phi) is 3.95. The number of piperidine rings is 1. The Labute approximate surface area is 108 Å². The van der Waals surface area contributed by atoms with Gasteiger partial charge in [0.05, 0.1) is 5.51 Å². The Balaban J connectivity index is 2.19. The molecule has 0 unspecified atom stereocenters. The van der Waals surface area contributed by atoms with Crippen LogP contribution >= 0.6 is 11.3 Å². The Bertz CT molecular complexity index is 534. The van der Waals surface area contributed by atoms with E-state index in [1.54, 1.807) is 5.01 Å². The van der Waals surface area contributed by atoms with Crippen molar-refractivity contribution in [1.29, 1.82) is 0 Å². The third-order valence-corrected chi connectivity index (χ3v) is 5.33. The van der Waals surface area contributed by atoms with Crippen LogP contribution in [0.1, 0.15) is 29.8 Å². The van der Waals surface area contributed by atoms with Gasteiger partial charge in [-0.05, 0) is 12.8 Å². The molecule has 2 rings (SSSR count). The van der Waals surface area contributed by atoms with E-state index in [-0.39, 0.29) is 4.21 Å². The lowest BCUT2D eigenvalue weighted by Gasteiger charge is -2.26. The molecule has 0 aliphatic carbocycles. The number of hydrazine groups is 1.